The van der Waals surface area contributed by atoms with Gasteiger partial charge in [0.05, 0.1) is 11.8 Å². The van der Waals surface area contributed by atoms with E-state index in [1.807, 2.05) is 41.5 Å². The van der Waals surface area contributed by atoms with E-state index in [9.17, 15) is 32.4 Å². The van der Waals surface area contributed by atoms with Gasteiger partial charge in [-0.3, -0.25) is 19.2 Å². The number of likely N-dealkylation sites (tertiary alicyclic amines) is 1. The number of hydrogen-bond donors (Lipinski definition) is 2. The molecule has 12 heteroatoms. The second-order valence-corrected chi connectivity index (χ2v) is 19.3. The van der Waals surface area contributed by atoms with Crippen molar-refractivity contribution in [2.45, 2.75) is 130 Å². The predicted molar refractivity (Wildman–Crippen MR) is 189 cm³/mol. The van der Waals surface area contributed by atoms with Crippen LogP contribution in [-0.2, 0) is 29.2 Å². The van der Waals surface area contributed by atoms with E-state index in [1.165, 1.54) is 4.31 Å². The zero-order chi connectivity index (χ0) is 36.3. The molecule has 1 unspecified atom stereocenters. The van der Waals surface area contributed by atoms with Crippen LogP contribution in [0.5, 0.6) is 0 Å². The van der Waals surface area contributed by atoms with Crippen LogP contribution in [-0.4, -0.2) is 90.4 Å². The normalized spacial score (nSPS) is 25.9. The van der Waals surface area contributed by atoms with Gasteiger partial charge in [-0.1, -0.05) is 73.3 Å². The Morgan fingerprint density at radius 3 is 2.14 bits per heavy atom. The Kier molecular flexibility index (Phi) is 12.6. The van der Waals surface area contributed by atoms with Crippen LogP contribution in [0.3, 0.4) is 0 Å². The van der Waals surface area contributed by atoms with Crippen molar-refractivity contribution in [3.8, 4) is 0 Å². The molecule has 0 radical (unpaired) electrons. The maximum atomic E-state index is 14.5. The van der Waals surface area contributed by atoms with Crippen LogP contribution in [0.1, 0.15) is 112 Å². The number of urea groups is 1. The van der Waals surface area contributed by atoms with Crippen LogP contribution in [0.15, 0.2) is 12.7 Å². The number of hydrogen-bond acceptors (Lipinski definition) is 7. The van der Waals surface area contributed by atoms with Crippen LogP contribution < -0.4 is 10.6 Å². The molecule has 0 spiro atoms. The van der Waals surface area contributed by atoms with Gasteiger partial charge < -0.3 is 15.5 Å². The standard InChI is InChI=1S/C37H60N4O7S/c1-8-9-17-28(42)32(44)26(20-24-13-10-14-24)21-29(43)31-27-16-11-15-25(27)22-41(31)34(45)33(37(5,6)7)39-35(46)38-30(36(2,3)4)23-40-18-12-19-49(40,47)48/h8,24-27,30-31,33H,1,9-23H2,2-7H3,(H2,38,39,46)/t25-,26?,27-,30+,31-,33+/m0/s1. The monoisotopic (exact) mass is 704 g/mol. The number of amides is 3. The second-order valence-electron chi connectivity index (χ2n) is 17.2. The summed E-state index contributed by atoms with van der Waals surface area (Å²) in [7, 11) is -3.37. The number of carbonyl (C=O) groups is 5. The number of sulfonamides is 1. The average Bonchev–Trinajstić information content (AvgIpc) is 3.67. The molecule has 11 nitrogen and oxygen atoms in total. The predicted octanol–water partition coefficient (Wildman–Crippen LogP) is 4.65. The lowest BCUT2D eigenvalue weighted by atomic mass is 9.75. The Hall–Kier alpha value is -2.60. The average molecular weight is 705 g/mol. The number of rotatable bonds is 15. The smallest absolute Gasteiger partial charge is 0.315 e. The number of nitrogens with one attached hydrogen (secondary N) is 2. The Balaban J connectivity index is 1.53. The minimum absolute atomic E-state index is 0.0190. The first kappa shape index (κ1) is 39.2. The maximum absolute atomic E-state index is 14.5. The van der Waals surface area contributed by atoms with Crippen molar-refractivity contribution in [1.29, 1.82) is 0 Å². The highest BCUT2D eigenvalue weighted by Crippen LogP contribution is 2.44. The fraction of sp³-hybridized carbons (Fsp3) is 0.811. The lowest BCUT2D eigenvalue weighted by molar-refractivity contribution is -0.144. The lowest BCUT2D eigenvalue weighted by Crippen LogP contribution is -2.61. The summed E-state index contributed by atoms with van der Waals surface area (Å²) in [5.74, 6) is -1.59. The van der Waals surface area contributed by atoms with E-state index in [0.717, 1.165) is 38.5 Å². The van der Waals surface area contributed by atoms with E-state index in [-0.39, 0.29) is 48.7 Å². The van der Waals surface area contributed by atoms with E-state index in [0.29, 0.717) is 38.3 Å². The number of ketones is 3. The summed E-state index contributed by atoms with van der Waals surface area (Å²) in [6.07, 6.45) is 8.85. The first-order valence-electron chi connectivity index (χ1n) is 18.4. The number of nitrogens with zero attached hydrogens (tertiary/aromatic N) is 2. The molecule has 4 fully saturated rings. The number of carbonyl (C=O) groups excluding carboxylic acids is 5. The fourth-order valence-electron chi connectivity index (χ4n) is 8.09. The summed E-state index contributed by atoms with van der Waals surface area (Å²) in [6.45, 7) is 16.0. The van der Waals surface area contributed by atoms with Crippen LogP contribution in [0.2, 0.25) is 0 Å². The highest BCUT2D eigenvalue weighted by atomic mass is 32.2. The van der Waals surface area contributed by atoms with Gasteiger partial charge in [-0.05, 0) is 60.7 Å². The molecule has 276 valence electrons. The Morgan fingerprint density at radius 1 is 0.918 bits per heavy atom. The minimum atomic E-state index is -3.37. The van der Waals surface area contributed by atoms with Gasteiger partial charge in [0.2, 0.25) is 21.7 Å². The van der Waals surface area contributed by atoms with Gasteiger partial charge in [-0.15, -0.1) is 6.58 Å². The van der Waals surface area contributed by atoms with Crippen LogP contribution in [0, 0.1) is 34.5 Å². The van der Waals surface area contributed by atoms with Gasteiger partial charge in [-0.2, -0.15) is 4.31 Å². The molecular formula is C37H60N4O7S. The van der Waals surface area contributed by atoms with Gasteiger partial charge in [-0.25, -0.2) is 13.2 Å². The molecular weight excluding hydrogens is 644 g/mol. The molecule has 4 aliphatic rings. The molecule has 3 amide bonds. The van der Waals surface area contributed by atoms with E-state index in [1.54, 1.807) is 11.0 Å². The Morgan fingerprint density at radius 2 is 1.59 bits per heavy atom. The molecule has 4 rings (SSSR count). The molecule has 2 heterocycles. The van der Waals surface area contributed by atoms with Crippen molar-refractivity contribution in [3.63, 3.8) is 0 Å². The van der Waals surface area contributed by atoms with Crippen molar-refractivity contribution >= 4 is 39.3 Å². The highest BCUT2D eigenvalue weighted by Gasteiger charge is 2.52. The molecule has 2 saturated heterocycles. The summed E-state index contributed by atoms with van der Waals surface area (Å²) in [5.41, 5.74) is -1.18. The highest BCUT2D eigenvalue weighted by molar-refractivity contribution is 7.89. The second kappa shape index (κ2) is 15.7. The van der Waals surface area contributed by atoms with E-state index >= 15 is 0 Å². The fourth-order valence-corrected chi connectivity index (χ4v) is 9.62. The van der Waals surface area contributed by atoms with Gasteiger partial charge in [0.15, 0.2) is 11.6 Å². The van der Waals surface area contributed by atoms with E-state index in [4.69, 9.17) is 0 Å². The molecule has 6 atom stereocenters. The topological polar surface area (TPSA) is 150 Å². The summed E-state index contributed by atoms with van der Waals surface area (Å²) >= 11 is 0. The van der Waals surface area contributed by atoms with Crippen molar-refractivity contribution in [1.82, 2.24) is 19.8 Å². The third-order valence-corrected chi connectivity index (χ3v) is 13.3. The summed E-state index contributed by atoms with van der Waals surface area (Å²) in [5, 5.41) is 5.88. The molecule has 0 aromatic rings. The lowest BCUT2D eigenvalue weighted by Gasteiger charge is -2.38. The first-order valence-corrected chi connectivity index (χ1v) is 20.0. The molecule has 2 aliphatic carbocycles. The van der Waals surface area contributed by atoms with Gasteiger partial charge in [0.25, 0.3) is 0 Å². The van der Waals surface area contributed by atoms with Crippen LogP contribution in [0.25, 0.3) is 0 Å². The van der Waals surface area contributed by atoms with E-state index in [2.05, 4.69) is 17.2 Å². The molecule has 2 saturated carbocycles. The summed E-state index contributed by atoms with van der Waals surface area (Å²) in [6, 6.07) is -2.77. The van der Waals surface area contributed by atoms with Gasteiger partial charge in [0.1, 0.15) is 6.04 Å². The first-order chi connectivity index (χ1) is 22.8. The minimum Gasteiger partial charge on any atom is -0.334 e. The maximum Gasteiger partial charge on any atom is 0.315 e. The van der Waals surface area contributed by atoms with E-state index < -0.39 is 62.5 Å². The molecule has 0 aromatic heterocycles. The molecule has 2 N–H and O–H groups in total. The Bertz CT molecular complexity index is 1380. The zero-order valence-corrected chi connectivity index (χ0v) is 31.4. The van der Waals surface area contributed by atoms with Crippen molar-refractivity contribution in [3.05, 3.63) is 12.7 Å². The van der Waals surface area contributed by atoms with Crippen LogP contribution in [0.4, 0.5) is 4.79 Å². The van der Waals surface area contributed by atoms with Crippen LogP contribution >= 0.6 is 0 Å². The zero-order valence-electron chi connectivity index (χ0n) is 30.6. The number of fused-ring (bicyclic) bond motifs is 1. The number of allylic oxidation sites excluding steroid dienone is 1. The van der Waals surface area contributed by atoms with Crippen molar-refractivity contribution in [2.75, 3.05) is 25.4 Å². The molecule has 49 heavy (non-hydrogen) atoms. The number of Topliss-reactive ketones (excluding diaryl/α,β-unsaturated/α-hetero) is 3. The molecule has 2 aliphatic heterocycles. The molecule has 0 bridgehead atoms. The Labute approximate surface area is 293 Å². The molecule has 0 aromatic carbocycles. The van der Waals surface area contributed by atoms with Crippen molar-refractivity contribution in [2.24, 2.45) is 34.5 Å². The van der Waals surface area contributed by atoms with Gasteiger partial charge in [0, 0.05) is 44.4 Å². The summed E-state index contributed by atoms with van der Waals surface area (Å²) < 4.78 is 26.5. The van der Waals surface area contributed by atoms with Gasteiger partial charge >= 0.3 is 6.03 Å². The quantitative estimate of drug-likeness (QED) is 0.186. The third-order valence-electron chi connectivity index (χ3n) is 11.3. The largest absolute Gasteiger partial charge is 0.334 e. The van der Waals surface area contributed by atoms with Crippen molar-refractivity contribution < 1.29 is 32.4 Å². The SMILES string of the molecule is C=CCCC(=O)C(=O)C(CC(=O)[C@@H]1[C@H]2CCC[C@H]2CN1C(=O)[C@@H](NC(=O)N[C@H](CN1CCCS1(=O)=O)C(C)(C)C)C(C)(C)C)CC1CCC1. The summed E-state index contributed by atoms with van der Waals surface area (Å²) in [4.78, 5) is 70.2. The third kappa shape index (κ3) is 9.60.